The van der Waals surface area contributed by atoms with Gasteiger partial charge in [0, 0.05) is 0 Å². The Morgan fingerprint density at radius 3 is 2.29 bits per heavy atom. The Morgan fingerprint density at radius 2 is 1.53 bits per heavy atom. The fourth-order valence-corrected chi connectivity index (χ4v) is 2.32. The van der Waals surface area contributed by atoms with Gasteiger partial charge in [-0.2, -0.15) is 13.2 Å². The Labute approximate surface area is 96.7 Å². The van der Waals surface area contributed by atoms with E-state index in [0.717, 1.165) is 28.3 Å². The van der Waals surface area contributed by atoms with E-state index in [1.54, 1.807) is 6.07 Å². The molecule has 0 bridgehead atoms. The number of halogens is 3. The molecular weight excluding hydrogens is 225 g/mol. The maximum absolute atomic E-state index is 12.6. The van der Waals surface area contributed by atoms with Gasteiger partial charge in [0.1, 0.15) is 0 Å². The number of hydrogen-bond donors (Lipinski definition) is 0. The van der Waals surface area contributed by atoms with Crippen LogP contribution >= 0.6 is 0 Å². The van der Waals surface area contributed by atoms with Gasteiger partial charge in [0.25, 0.3) is 0 Å². The third kappa shape index (κ3) is 1.62. The molecule has 2 aromatic carbocycles. The molecule has 0 radical (unpaired) electrons. The summed E-state index contributed by atoms with van der Waals surface area (Å²) >= 11 is 0. The normalized spacial score (nSPS) is 13.4. The molecule has 1 aliphatic carbocycles. The predicted octanol–water partition coefficient (Wildman–Crippen LogP) is 4.28. The van der Waals surface area contributed by atoms with Gasteiger partial charge in [0.05, 0.1) is 5.56 Å². The molecule has 0 N–H and O–H groups in total. The minimum absolute atomic E-state index is 0.566. The predicted molar refractivity (Wildman–Crippen MR) is 59.7 cm³/mol. The molecular formula is C14H9F3. The fourth-order valence-electron chi connectivity index (χ4n) is 2.32. The van der Waals surface area contributed by atoms with Crippen molar-refractivity contribution < 1.29 is 13.2 Å². The molecule has 17 heavy (non-hydrogen) atoms. The SMILES string of the molecule is FC(F)(F)c1ccc2c(c1)Cc1ccccc1-2. The van der Waals surface area contributed by atoms with Gasteiger partial charge in [-0.25, -0.2) is 0 Å². The summed E-state index contributed by atoms with van der Waals surface area (Å²) in [5, 5.41) is 0. The molecule has 0 saturated carbocycles. The molecule has 0 amide bonds. The van der Waals surface area contributed by atoms with Gasteiger partial charge >= 0.3 is 6.18 Å². The topological polar surface area (TPSA) is 0 Å². The lowest BCUT2D eigenvalue weighted by molar-refractivity contribution is -0.137. The lowest BCUT2D eigenvalue weighted by Gasteiger charge is -2.08. The van der Waals surface area contributed by atoms with Gasteiger partial charge < -0.3 is 0 Å². The second-order valence-electron chi connectivity index (χ2n) is 4.20. The van der Waals surface area contributed by atoms with E-state index in [9.17, 15) is 13.2 Å². The van der Waals surface area contributed by atoms with Crippen molar-refractivity contribution in [2.24, 2.45) is 0 Å². The highest BCUT2D eigenvalue weighted by Crippen LogP contribution is 2.39. The smallest absolute Gasteiger partial charge is 0.166 e. The van der Waals surface area contributed by atoms with Crippen LogP contribution in [0.4, 0.5) is 13.2 Å². The van der Waals surface area contributed by atoms with E-state index in [4.69, 9.17) is 0 Å². The van der Waals surface area contributed by atoms with Crippen molar-refractivity contribution in [3.8, 4) is 11.1 Å². The summed E-state index contributed by atoms with van der Waals surface area (Å²) in [5.41, 5.74) is 3.27. The van der Waals surface area contributed by atoms with Gasteiger partial charge in [-0.15, -0.1) is 0 Å². The molecule has 1 aliphatic rings. The van der Waals surface area contributed by atoms with Crippen molar-refractivity contribution in [3.05, 3.63) is 59.2 Å². The molecule has 0 heterocycles. The van der Waals surface area contributed by atoms with Crippen LogP contribution in [0.1, 0.15) is 16.7 Å². The second-order valence-corrected chi connectivity index (χ2v) is 4.20. The standard InChI is InChI=1S/C14H9F3/c15-14(16,17)11-5-6-13-10(8-11)7-9-3-1-2-4-12(9)13/h1-6,8H,7H2. The van der Waals surface area contributed by atoms with Crippen molar-refractivity contribution in [1.82, 2.24) is 0 Å². The Kier molecular flexibility index (Phi) is 2.05. The van der Waals surface area contributed by atoms with Crippen LogP contribution in [-0.2, 0) is 12.6 Å². The molecule has 3 rings (SSSR count). The van der Waals surface area contributed by atoms with Gasteiger partial charge in [0.15, 0.2) is 0 Å². The van der Waals surface area contributed by atoms with E-state index < -0.39 is 11.7 Å². The molecule has 0 nitrogen and oxygen atoms in total. The second kappa shape index (κ2) is 3.36. The van der Waals surface area contributed by atoms with Crippen molar-refractivity contribution in [1.29, 1.82) is 0 Å². The van der Waals surface area contributed by atoms with Crippen LogP contribution in [0.2, 0.25) is 0 Å². The molecule has 0 aliphatic heterocycles. The first-order valence-corrected chi connectivity index (χ1v) is 5.34. The van der Waals surface area contributed by atoms with Crippen molar-refractivity contribution in [2.45, 2.75) is 12.6 Å². The first-order chi connectivity index (χ1) is 8.05. The first kappa shape index (κ1) is 10.4. The molecule has 0 spiro atoms. The molecule has 86 valence electrons. The Hall–Kier alpha value is -1.77. The van der Waals surface area contributed by atoms with Crippen LogP contribution in [0.25, 0.3) is 11.1 Å². The number of fused-ring (bicyclic) bond motifs is 3. The van der Waals surface area contributed by atoms with E-state index >= 15 is 0 Å². The van der Waals surface area contributed by atoms with Crippen molar-refractivity contribution >= 4 is 0 Å². The summed E-state index contributed by atoms with van der Waals surface area (Å²) < 4.78 is 37.8. The summed E-state index contributed by atoms with van der Waals surface area (Å²) in [4.78, 5) is 0. The molecule has 0 unspecified atom stereocenters. The quantitative estimate of drug-likeness (QED) is 0.544. The zero-order valence-corrected chi connectivity index (χ0v) is 8.88. The van der Waals surface area contributed by atoms with Crippen LogP contribution in [-0.4, -0.2) is 0 Å². The van der Waals surface area contributed by atoms with Crippen LogP contribution in [0.5, 0.6) is 0 Å². The zero-order valence-electron chi connectivity index (χ0n) is 8.88. The van der Waals surface area contributed by atoms with Crippen LogP contribution < -0.4 is 0 Å². The van der Waals surface area contributed by atoms with Crippen LogP contribution in [0, 0.1) is 0 Å². The monoisotopic (exact) mass is 234 g/mol. The van der Waals surface area contributed by atoms with Crippen LogP contribution in [0.15, 0.2) is 42.5 Å². The molecule has 2 aromatic rings. The maximum atomic E-state index is 12.6. The maximum Gasteiger partial charge on any atom is 0.416 e. The van der Waals surface area contributed by atoms with Crippen molar-refractivity contribution in [2.75, 3.05) is 0 Å². The molecule has 0 atom stereocenters. The van der Waals surface area contributed by atoms with Gasteiger partial charge in [-0.3, -0.25) is 0 Å². The highest BCUT2D eigenvalue weighted by molar-refractivity contribution is 5.76. The number of rotatable bonds is 0. The van der Waals surface area contributed by atoms with Gasteiger partial charge in [-0.1, -0.05) is 30.3 Å². The highest BCUT2D eigenvalue weighted by atomic mass is 19.4. The minimum Gasteiger partial charge on any atom is -0.166 e. The highest BCUT2D eigenvalue weighted by Gasteiger charge is 2.32. The van der Waals surface area contributed by atoms with E-state index in [1.165, 1.54) is 6.07 Å². The third-order valence-corrected chi connectivity index (χ3v) is 3.12. The molecule has 0 aromatic heterocycles. The van der Waals surface area contributed by atoms with Gasteiger partial charge in [-0.05, 0) is 40.8 Å². The van der Waals surface area contributed by atoms with E-state index in [0.29, 0.717) is 6.42 Å². The summed E-state index contributed by atoms with van der Waals surface area (Å²) in [7, 11) is 0. The largest absolute Gasteiger partial charge is 0.416 e. The Morgan fingerprint density at radius 1 is 0.824 bits per heavy atom. The Bertz CT molecular complexity index is 582. The first-order valence-electron chi connectivity index (χ1n) is 5.34. The summed E-state index contributed by atoms with van der Waals surface area (Å²) in [6, 6.07) is 11.7. The van der Waals surface area contributed by atoms with Crippen molar-refractivity contribution in [3.63, 3.8) is 0 Å². The summed E-state index contributed by atoms with van der Waals surface area (Å²) in [6.07, 6.45) is -3.67. The lowest BCUT2D eigenvalue weighted by atomic mass is 10.0. The van der Waals surface area contributed by atoms with Crippen LogP contribution in [0.3, 0.4) is 0 Å². The van der Waals surface area contributed by atoms with E-state index in [1.807, 2.05) is 24.3 Å². The van der Waals surface area contributed by atoms with E-state index in [2.05, 4.69) is 0 Å². The summed E-state index contributed by atoms with van der Waals surface area (Å²) in [6.45, 7) is 0. The van der Waals surface area contributed by atoms with Gasteiger partial charge in [0.2, 0.25) is 0 Å². The minimum atomic E-state index is -4.26. The number of benzene rings is 2. The van der Waals surface area contributed by atoms with E-state index in [-0.39, 0.29) is 0 Å². The fraction of sp³-hybridized carbons (Fsp3) is 0.143. The zero-order chi connectivity index (χ0) is 12.0. The third-order valence-electron chi connectivity index (χ3n) is 3.12. The summed E-state index contributed by atoms with van der Waals surface area (Å²) in [5.74, 6) is 0. The number of alkyl halides is 3. The average Bonchev–Trinajstić information content (AvgIpc) is 2.65. The lowest BCUT2D eigenvalue weighted by Crippen LogP contribution is -2.05. The molecule has 0 fully saturated rings. The molecule has 0 saturated heterocycles. The Balaban J connectivity index is 2.13. The molecule has 3 heteroatoms. The number of hydrogen-bond acceptors (Lipinski definition) is 0. The average molecular weight is 234 g/mol.